The zero-order valence-corrected chi connectivity index (χ0v) is 24.5. The van der Waals surface area contributed by atoms with Crippen LogP contribution < -0.4 is 5.06 Å². The molecule has 0 aliphatic carbocycles. The number of hydrogen-bond donors (Lipinski definition) is 0. The van der Waals surface area contributed by atoms with Gasteiger partial charge in [0, 0.05) is 6.54 Å². The van der Waals surface area contributed by atoms with Gasteiger partial charge >= 0.3 is 12.4 Å². The summed E-state index contributed by atoms with van der Waals surface area (Å²) in [6.07, 6.45) is 11.2. The van der Waals surface area contributed by atoms with Crippen molar-refractivity contribution in [3.05, 3.63) is 76.9 Å². The molecule has 0 amide bonds. The number of rotatable bonds is 19. The van der Waals surface area contributed by atoms with Gasteiger partial charge in [-0.3, -0.25) is 9.90 Å². The van der Waals surface area contributed by atoms with E-state index in [1.807, 2.05) is 5.06 Å². The van der Waals surface area contributed by atoms with Crippen LogP contribution in [0.3, 0.4) is 0 Å². The highest BCUT2D eigenvalue weighted by molar-refractivity contribution is 5.55. The van der Waals surface area contributed by atoms with Gasteiger partial charge in [0.1, 0.15) is 0 Å². The maximum absolute atomic E-state index is 13.0. The third-order valence-electron chi connectivity index (χ3n) is 7.76. The van der Waals surface area contributed by atoms with Crippen LogP contribution in [0.15, 0.2) is 54.6 Å². The second kappa shape index (κ2) is 17.6. The molecule has 0 N–H and O–H groups in total. The van der Waals surface area contributed by atoms with E-state index in [1.54, 1.807) is 0 Å². The molecule has 0 saturated carbocycles. The lowest BCUT2D eigenvalue weighted by atomic mass is 9.99. The summed E-state index contributed by atoms with van der Waals surface area (Å²) in [5.41, 5.74) is 0.208. The number of unbranched alkanes of at least 4 members (excludes halogenated alkanes) is 12. The largest absolute Gasteiger partial charge is 0.416 e. The normalized spacial score (nSPS) is 13.8. The van der Waals surface area contributed by atoms with E-state index in [1.165, 1.54) is 43.4 Å². The zero-order chi connectivity index (χ0) is 30.3. The number of alkyl halides is 6. The minimum atomic E-state index is -4.79. The molecule has 8 heteroatoms. The number of halogens is 6. The molecule has 1 aliphatic heterocycles. The second-order valence-electron chi connectivity index (χ2n) is 11.3. The number of aryl methyl sites for hydroxylation is 1. The predicted octanol–water partition coefficient (Wildman–Crippen LogP) is 11.3. The molecule has 234 valence electrons. The number of hydrogen-bond acceptors (Lipinski definition) is 2. The number of nitrogens with zero attached hydrogens (tertiary/aromatic N) is 1. The predicted molar refractivity (Wildman–Crippen MR) is 157 cm³/mol. The van der Waals surface area contributed by atoms with Gasteiger partial charge in [-0.15, -0.1) is 0 Å². The Bertz CT molecular complexity index is 1050. The quantitative estimate of drug-likeness (QED) is 0.0907. The van der Waals surface area contributed by atoms with Crippen molar-refractivity contribution >= 4 is 5.69 Å². The van der Waals surface area contributed by atoms with Gasteiger partial charge in [-0.1, -0.05) is 81.7 Å². The van der Waals surface area contributed by atoms with Crippen LogP contribution in [0, 0.1) is 0 Å². The minimum Gasteiger partial charge on any atom is -0.273 e. The molecule has 0 atom stereocenters. The van der Waals surface area contributed by atoms with Crippen LogP contribution in [0.5, 0.6) is 0 Å². The van der Waals surface area contributed by atoms with Gasteiger partial charge in [0.25, 0.3) is 0 Å². The lowest BCUT2D eigenvalue weighted by Crippen LogP contribution is -2.21. The fourth-order valence-electron chi connectivity index (χ4n) is 5.39. The third kappa shape index (κ3) is 12.4. The fourth-order valence-corrected chi connectivity index (χ4v) is 5.39. The fraction of sp³-hybridized carbons (Fsp3) is 0.588. The molecule has 0 saturated heterocycles. The van der Waals surface area contributed by atoms with Crippen molar-refractivity contribution in [1.29, 1.82) is 0 Å². The van der Waals surface area contributed by atoms with E-state index in [2.05, 4.69) is 36.4 Å². The van der Waals surface area contributed by atoms with E-state index in [4.69, 9.17) is 4.84 Å². The molecule has 0 spiro atoms. The number of allylic oxidation sites excluding steroid dienone is 2. The summed E-state index contributed by atoms with van der Waals surface area (Å²) in [4.78, 5) is 5.96. The van der Waals surface area contributed by atoms with Crippen LogP contribution in [0.1, 0.15) is 112 Å². The van der Waals surface area contributed by atoms with Gasteiger partial charge in [0.15, 0.2) is 0 Å². The summed E-state index contributed by atoms with van der Waals surface area (Å²) in [6, 6.07) is 10.3. The molecule has 42 heavy (non-hydrogen) atoms. The highest BCUT2D eigenvalue weighted by Crippen LogP contribution is 2.36. The van der Waals surface area contributed by atoms with Crippen molar-refractivity contribution in [2.24, 2.45) is 0 Å². The molecule has 2 aromatic rings. The van der Waals surface area contributed by atoms with E-state index in [-0.39, 0.29) is 18.1 Å². The number of fused-ring (bicyclic) bond motifs is 1. The van der Waals surface area contributed by atoms with E-state index < -0.39 is 23.5 Å². The van der Waals surface area contributed by atoms with Gasteiger partial charge in [-0.25, -0.2) is 0 Å². The van der Waals surface area contributed by atoms with Crippen LogP contribution in [0.2, 0.25) is 0 Å². The highest BCUT2D eigenvalue weighted by Gasteiger charge is 2.36. The third-order valence-corrected chi connectivity index (χ3v) is 7.76. The van der Waals surface area contributed by atoms with Crippen molar-refractivity contribution < 1.29 is 31.2 Å². The first-order valence-electron chi connectivity index (χ1n) is 15.6. The van der Waals surface area contributed by atoms with Gasteiger partial charge in [-0.2, -0.15) is 26.3 Å². The van der Waals surface area contributed by atoms with E-state index >= 15 is 0 Å². The molecule has 2 nitrogen and oxygen atoms in total. The summed E-state index contributed by atoms with van der Waals surface area (Å²) in [6.45, 7) is 1.73. The van der Waals surface area contributed by atoms with E-state index in [0.29, 0.717) is 6.42 Å². The van der Waals surface area contributed by atoms with Gasteiger partial charge in [0.2, 0.25) is 0 Å². The van der Waals surface area contributed by atoms with Gasteiger partial charge < -0.3 is 0 Å². The molecule has 3 rings (SSSR count). The Balaban J connectivity index is 1.11. The van der Waals surface area contributed by atoms with E-state index in [0.717, 1.165) is 83.1 Å². The Morgan fingerprint density at radius 3 is 1.76 bits per heavy atom. The molecule has 0 unspecified atom stereocenters. The lowest BCUT2D eigenvalue weighted by molar-refractivity contribution is -0.143. The van der Waals surface area contributed by atoms with Crippen LogP contribution in [-0.2, 0) is 30.0 Å². The topological polar surface area (TPSA) is 12.5 Å². The zero-order valence-electron chi connectivity index (χ0n) is 24.5. The summed E-state index contributed by atoms with van der Waals surface area (Å²) >= 11 is 0. The first kappa shape index (κ1) is 34.0. The summed E-state index contributed by atoms with van der Waals surface area (Å²) in [5.74, 6) is 0. The molecule has 0 fully saturated rings. The molecule has 1 heterocycles. The van der Waals surface area contributed by atoms with Crippen molar-refractivity contribution in [1.82, 2.24) is 0 Å². The first-order chi connectivity index (χ1) is 20.1. The summed E-state index contributed by atoms with van der Waals surface area (Å²) < 4.78 is 77.9. The Morgan fingerprint density at radius 2 is 1.17 bits per heavy atom. The second-order valence-corrected chi connectivity index (χ2v) is 11.3. The average molecular weight is 598 g/mol. The first-order valence-corrected chi connectivity index (χ1v) is 15.6. The van der Waals surface area contributed by atoms with Crippen molar-refractivity contribution in [3.63, 3.8) is 0 Å². The van der Waals surface area contributed by atoms with Crippen LogP contribution >= 0.6 is 0 Å². The van der Waals surface area contributed by atoms with Crippen LogP contribution in [0.4, 0.5) is 32.0 Å². The Labute approximate surface area is 247 Å². The minimum absolute atomic E-state index is 0.0941. The standard InChI is InChI=1S/C34H45F6NO/c35-33(36,37)30-25-28(26-31(27-30)34(38,39)40)19-15-13-11-9-7-5-3-1-2-4-6-8-10-12-14-18-24-42-41-23-22-29-20-16-17-21-32(29)41/h1-2,16-17,20-21,25-27H,3-15,18-19,22-24H2/b2-1-. The van der Waals surface area contributed by atoms with Gasteiger partial charge in [-0.05, 0) is 86.8 Å². The van der Waals surface area contributed by atoms with Crippen molar-refractivity contribution in [2.75, 3.05) is 18.2 Å². The number of benzene rings is 2. The van der Waals surface area contributed by atoms with E-state index in [9.17, 15) is 26.3 Å². The maximum atomic E-state index is 13.0. The Morgan fingerprint density at radius 1 is 0.643 bits per heavy atom. The molecule has 0 bridgehead atoms. The molecule has 2 aromatic carbocycles. The molecule has 1 aliphatic rings. The van der Waals surface area contributed by atoms with Gasteiger partial charge in [0.05, 0.1) is 23.4 Å². The number of anilines is 1. The smallest absolute Gasteiger partial charge is 0.273 e. The number of hydroxylamine groups is 1. The maximum Gasteiger partial charge on any atom is 0.416 e. The highest BCUT2D eigenvalue weighted by atomic mass is 19.4. The average Bonchev–Trinajstić information content (AvgIpc) is 3.36. The SMILES string of the molecule is FC(F)(F)c1cc(CCCCCCCC/C=C\CCCCCCCCON2CCc3ccccc32)cc(C(F)(F)F)c1. The number of para-hydroxylation sites is 1. The van der Waals surface area contributed by atoms with Crippen molar-refractivity contribution in [2.45, 2.75) is 115 Å². The summed E-state index contributed by atoms with van der Waals surface area (Å²) in [5, 5.41) is 2.04. The molecular weight excluding hydrogens is 552 g/mol. The molecular formula is C34H45F6NO. The summed E-state index contributed by atoms with van der Waals surface area (Å²) in [7, 11) is 0. The molecule has 0 radical (unpaired) electrons. The lowest BCUT2D eigenvalue weighted by Gasteiger charge is -2.18. The monoisotopic (exact) mass is 597 g/mol. The van der Waals surface area contributed by atoms with Crippen molar-refractivity contribution in [3.8, 4) is 0 Å². The Kier molecular flexibility index (Phi) is 14.2. The Hall–Kier alpha value is -2.48. The van der Waals surface area contributed by atoms with Crippen LogP contribution in [0.25, 0.3) is 0 Å². The molecule has 0 aromatic heterocycles. The van der Waals surface area contributed by atoms with Crippen LogP contribution in [-0.4, -0.2) is 13.2 Å².